The summed E-state index contributed by atoms with van der Waals surface area (Å²) in [7, 11) is 0. The van der Waals surface area contributed by atoms with Gasteiger partial charge in [0, 0.05) is 11.6 Å². The highest BCUT2D eigenvalue weighted by atomic mass is 19.1. The zero-order valence-corrected chi connectivity index (χ0v) is 11.5. The second-order valence-corrected chi connectivity index (χ2v) is 4.52. The van der Waals surface area contributed by atoms with Crippen LogP contribution in [0.1, 0.15) is 25.5 Å². The fraction of sp³-hybridized carbons (Fsp3) is 0.250. The van der Waals surface area contributed by atoms with Crippen LogP contribution in [-0.2, 0) is 0 Å². The second-order valence-electron chi connectivity index (χ2n) is 4.52. The third-order valence-corrected chi connectivity index (χ3v) is 2.99. The first-order chi connectivity index (χ1) is 9.60. The van der Waals surface area contributed by atoms with Gasteiger partial charge in [0.25, 0.3) is 0 Å². The Hall–Kier alpha value is -1.94. The molecule has 2 aromatic carbocycles. The van der Waals surface area contributed by atoms with Gasteiger partial charge in [0.2, 0.25) is 0 Å². The molecule has 0 amide bonds. The van der Waals surface area contributed by atoms with Gasteiger partial charge >= 0.3 is 0 Å². The summed E-state index contributed by atoms with van der Waals surface area (Å²) in [5.41, 5.74) is 0.733. The molecule has 1 atom stereocenters. The predicted molar refractivity (Wildman–Crippen MR) is 75.0 cm³/mol. The Labute approximate surface area is 117 Å². The van der Waals surface area contributed by atoms with E-state index < -0.39 is 0 Å². The molecule has 0 aliphatic rings. The van der Waals surface area contributed by atoms with Crippen molar-refractivity contribution < 1.29 is 13.5 Å². The van der Waals surface area contributed by atoms with Crippen molar-refractivity contribution in [2.24, 2.45) is 0 Å². The van der Waals surface area contributed by atoms with Crippen molar-refractivity contribution in [1.82, 2.24) is 5.32 Å². The normalized spacial score (nSPS) is 12.2. The minimum atomic E-state index is -0.322. The second kappa shape index (κ2) is 6.48. The number of benzene rings is 2. The number of rotatable bonds is 5. The first-order valence-electron chi connectivity index (χ1n) is 6.56. The van der Waals surface area contributed by atoms with Crippen LogP contribution in [0.25, 0.3) is 0 Å². The van der Waals surface area contributed by atoms with Gasteiger partial charge in [0.15, 0.2) is 0 Å². The van der Waals surface area contributed by atoms with Gasteiger partial charge in [-0.2, -0.15) is 0 Å². The lowest BCUT2D eigenvalue weighted by atomic mass is 10.1. The Morgan fingerprint density at radius 1 is 1.05 bits per heavy atom. The standard InChI is InChI=1S/C16H17F2NO/c1-3-19-11(2)15-10-13(18)6-9-16(15)20-14-7-4-12(17)5-8-14/h4-11,19H,3H2,1-2H3. The Balaban J connectivity index is 2.28. The third kappa shape index (κ3) is 3.54. The molecular weight excluding hydrogens is 260 g/mol. The van der Waals surface area contributed by atoms with E-state index in [-0.39, 0.29) is 17.7 Å². The Kier molecular flexibility index (Phi) is 4.69. The first kappa shape index (κ1) is 14.5. The summed E-state index contributed by atoms with van der Waals surface area (Å²) in [4.78, 5) is 0. The van der Waals surface area contributed by atoms with Crippen LogP contribution in [0.3, 0.4) is 0 Å². The van der Waals surface area contributed by atoms with E-state index >= 15 is 0 Å². The maximum absolute atomic E-state index is 13.4. The van der Waals surface area contributed by atoms with Crippen molar-refractivity contribution in [2.45, 2.75) is 19.9 Å². The van der Waals surface area contributed by atoms with E-state index in [1.54, 1.807) is 18.2 Å². The molecule has 1 unspecified atom stereocenters. The molecule has 0 heterocycles. The van der Waals surface area contributed by atoms with Gasteiger partial charge in [-0.25, -0.2) is 8.78 Å². The molecule has 0 aromatic heterocycles. The van der Waals surface area contributed by atoms with Crippen molar-refractivity contribution >= 4 is 0 Å². The lowest BCUT2D eigenvalue weighted by Gasteiger charge is -2.17. The van der Waals surface area contributed by atoms with Crippen LogP contribution < -0.4 is 10.1 Å². The minimum absolute atomic E-state index is 0.0360. The van der Waals surface area contributed by atoms with Crippen LogP contribution in [0.5, 0.6) is 11.5 Å². The van der Waals surface area contributed by atoms with Crippen molar-refractivity contribution in [3.05, 3.63) is 59.7 Å². The monoisotopic (exact) mass is 277 g/mol. The van der Waals surface area contributed by atoms with Gasteiger partial charge in [-0.1, -0.05) is 6.92 Å². The molecule has 0 fully saturated rings. The van der Waals surface area contributed by atoms with Crippen LogP contribution in [-0.4, -0.2) is 6.54 Å². The molecule has 0 saturated carbocycles. The van der Waals surface area contributed by atoms with Crippen LogP contribution in [0.2, 0.25) is 0 Å². The maximum atomic E-state index is 13.4. The number of ether oxygens (including phenoxy) is 1. The van der Waals surface area contributed by atoms with Gasteiger partial charge < -0.3 is 10.1 Å². The highest BCUT2D eigenvalue weighted by Gasteiger charge is 2.13. The fourth-order valence-corrected chi connectivity index (χ4v) is 2.00. The van der Waals surface area contributed by atoms with E-state index in [0.717, 1.165) is 12.1 Å². The van der Waals surface area contributed by atoms with Gasteiger partial charge in [0.1, 0.15) is 23.1 Å². The van der Waals surface area contributed by atoms with Gasteiger partial charge in [0.05, 0.1) is 0 Å². The van der Waals surface area contributed by atoms with E-state index in [2.05, 4.69) is 5.32 Å². The average Bonchev–Trinajstić information content (AvgIpc) is 2.43. The van der Waals surface area contributed by atoms with Crippen LogP contribution >= 0.6 is 0 Å². The van der Waals surface area contributed by atoms with Crippen LogP contribution in [0.4, 0.5) is 8.78 Å². The molecule has 2 rings (SSSR count). The lowest BCUT2D eigenvalue weighted by Crippen LogP contribution is -2.18. The van der Waals surface area contributed by atoms with Crippen molar-refractivity contribution in [1.29, 1.82) is 0 Å². The largest absolute Gasteiger partial charge is 0.457 e. The van der Waals surface area contributed by atoms with Gasteiger partial charge in [-0.3, -0.25) is 0 Å². The van der Waals surface area contributed by atoms with E-state index in [4.69, 9.17) is 4.74 Å². The first-order valence-corrected chi connectivity index (χ1v) is 6.56. The summed E-state index contributed by atoms with van der Waals surface area (Å²) < 4.78 is 32.0. The summed E-state index contributed by atoms with van der Waals surface area (Å²) in [6, 6.07) is 10.1. The number of hydrogen-bond donors (Lipinski definition) is 1. The topological polar surface area (TPSA) is 21.3 Å². The summed E-state index contributed by atoms with van der Waals surface area (Å²) in [5.74, 6) is 0.448. The van der Waals surface area contributed by atoms with E-state index in [1.165, 1.54) is 24.3 Å². The zero-order chi connectivity index (χ0) is 14.5. The quantitative estimate of drug-likeness (QED) is 0.873. The lowest BCUT2D eigenvalue weighted by molar-refractivity contribution is 0.458. The molecule has 0 bridgehead atoms. The predicted octanol–water partition coefficient (Wildman–Crippen LogP) is 4.43. The van der Waals surface area contributed by atoms with Crippen LogP contribution in [0, 0.1) is 11.6 Å². The van der Waals surface area contributed by atoms with Gasteiger partial charge in [-0.05, 0) is 55.9 Å². The smallest absolute Gasteiger partial charge is 0.132 e. The van der Waals surface area contributed by atoms with Crippen molar-refractivity contribution in [3.63, 3.8) is 0 Å². The molecule has 1 N–H and O–H groups in total. The molecule has 106 valence electrons. The molecule has 0 aliphatic heterocycles. The molecule has 4 heteroatoms. The Morgan fingerprint density at radius 3 is 2.35 bits per heavy atom. The number of nitrogens with one attached hydrogen (secondary N) is 1. The highest BCUT2D eigenvalue weighted by molar-refractivity contribution is 5.40. The molecule has 0 radical (unpaired) electrons. The molecule has 0 saturated heterocycles. The summed E-state index contributed by atoms with van der Waals surface area (Å²) >= 11 is 0. The number of hydrogen-bond acceptors (Lipinski definition) is 2. The third-order valence-electron chi connectivity index (χ3n) is 2.99. The molecule has 2 nitrogen and oxygen atoms in total. The minimum Gasteiger partial charge on any atom is -0.457 e. The zero-order valence-electron chi connectivity index (χ0n) is 11.5. The Morgan fingerprint density at radius 2 is 1.70 bits per heavy atom. The summed E-state index contributed by atoms with van der Waals surface area (Å²) in [6.45, 7) is 4.69. The number of halogens is 2. The molecule has 20 heavy (non-hydrogen) atoms. The van der Waals surface area contributed by atoms with Gasteiger partial charge in [-0.15, -0.1) is 0 Å². The molecular formula is C16H17F2NO. The van der Waals surface area contributed by atoms with Crippen molar-refractivity contribution in [3.8, 4) is 11.5 Å². The SMILES string of the molecule is CCNC(C)c1cc(F)ccc1Oc1ccc(F)cc1. The highest BCUT2D eigenvalue weighted by Crippen LogP contribution is 2.30. The van der Waals surface area contributed by atoms with E-state index in [9.17, 15) is 8.78 Å². The summed E-state index contributed by atoms with van der Waals surface area (Å²) in [5, 5.41) is 3.22. The van der Waals surface area contributed by atoms with E-state index in [0.29, 0.717) is 11.5 Å². The summed E-state index contributed by atoms with van der Waals surface area (Å²) in [6.07, 6.45) is 0. The fourth-order valence-electron chi connectivity index (χ4n) is 2.00. The maximum Gasteiger partial charge on any atom is 0.132 e. The van der Waals surface area contributed by atoms with Crippen molar-refractivity contribution in [2.75, 3.05) is 6.54 Å². The van der Waals surface area contributed by atoms with E-state index in [1.807, 2.05) is 13.8 Å². The average molecular weight is 277 g/mol. The molecule has 2 aromatic rings. The Bertz CT molecular complexity index is 569. The molecule has 0 aliphatic carbocycles. The van der Waals surface area contributed by atoms with Crippen LogP contribution in [0.15, 0.2) is 42.5 Å². The molecule has 0 spiro atoms.